The zero-order valence-corrected chi connectivity index (χ0v) is 34.0. The third-order valence-electron chi connectivity index (χ3n) is 12.5. The molecule has 0 unspecified atom stereocenters. The van der Waals surface area contributed by atoms with Crippen LogP contribution in [0.4, 0.5) is 0 Å². The summed E-state index contributed by atoms with van der Waals surface area (Å²) < 4.78 is 7.27. The number of aromatic nitrogens is 6. The fourth-order valence-corrected chi connectivity index (χ4v) is 9.80. The van der Waals surface area contributed by atoms with Crippen LogP contribution >= 0.6 is 0 Å². The van der Waals surface area contributed by atoms with Gasteiger partial charge in [0.25, 0.3) is 0 Å². The van der Waals surface area contributed by atoms with Crippen molar-refractivity contribution in [2.45, 2.75) is 0 Å². The average Bonchev–Trinajstić information content (AvgIpc) is 4.00. The Hall–Kier alpha value is -8.61. The molecule has 6 nitrogen and oxygen atoms in total. The van der Waals surface area contributed by atoms with Gasteiger partial charge < -0.3 is 13.7 Å². The van der Waals surface area contributed by atoms with Crippen molar-refractivity contribution in [1.82, 2.24) is 28.7 Å². The van der Waals surface area contributed by atoms with Crippen molar-refractivity contribution in [3.63, 3.8) is 0 Å². The molecule has 63 heavy (non-hydrogen) atoms. The number of benzene rings is 9. The average molecular weight is 805 g/mol. The Bertz CT molecular complexity index is 3820. The van der Waals surface area contributed by atoms with E-state index in [1.54, 1.807) is 0 Å². The van der Waals surface area contributed by atoms with Gasteiger partial charge in [0, 0.05) is 60.4 Å². The van der Waals surface area contributed by atoms with Crippen LogP contribution in [0.25, 0.3) is 117 Å². The minimum Gasteiger partial charge on any atom is -0.309 e. The van der Waals surface area contributed by atoms with E-state index in [0.717, 1.165) is 44.8 Å². The van der Waals surface area contributed by atoms with Crippen molar-refractivity contribution in [3.8, 4) is 51.2 Å². The van der Waals surface area contributed by atoms with Crippen LogP contribution < -0.4 is 0 Å². The predicted octanol–water partition coefficient (Wildman–Crippen LogP) is 14.2. The van der Waals surface area contributed by atoms with E-state index in [2.05, 4.69) is 171 Å². The molecule has 0 amide bonds. The molecule has 0 N–H and O–H groups in total. The molecule has 0 aliphatic carbocycles. The first kappa shape index (κ1) is 35.2. The van der Waals surface area contributed by atoms with Crippen molar-refractivity contribution in [1.29, 1.82) is 0 Å². The Morgan fingerprint density at radius 2 is 0.603 bits per heavy atom. The van der Waals surface area contributed by atoms with Gasteiger partial charge in [0.1, 0.15) is 0 Å². The van der Waals surface area contributed by atoms with E-state index in [-0.39, 0.29) is 0 Å². The monoisotopic (exact) mass is 804 g/mol. The molecule has 0 bridgehead atoms. The zero-order valence-electron chi connectivity index (χ0n) is 34.0. The quantitative estimate of drug-likeness (QED) is 0.168. The summed E-state index contributed by atoms with van der Waals surface area (Å²) in [6.45, 7) is 0. The highest BCUT2D eigenvalue weighted by atomic mass is 15.0. The van der Waals surface area contributed by atoms with Gasteiger partial charge in [0.2, 0.25) is 0 Å². The maximum Gasteiger partial charge on any atom is 0.164 e. The standard InChI is InChI=1S/C57H36N6/c1-4-17-37(18-5-1)55-58-56(38-19-6-2-7-20-38)60-57(59-55)39-31-33-41(34-32-39)62-46-27-14-11-24-43(46)53-50(62)35-36-51-54(53)44-25-12-15-28-47(44)63(51)49-30-16-29-48-52(49)42-23-10-13-26-45(42)61(48)40-21-8-3-9-22-40/h1-36H. The Kier molecular flexibility index (Phi) is 7.80. The number of hydrogen-bond acceptors (Lipinski definition) is 3. The molecule has 0 spiro atoms. The summed E-state index contributed by atoms with van der Waals surface area (Å²) in [5, 5.41) is 7.36. The van der Waals surface area contributed by atoms with Gasteiger partial charge in [-0.1, -0.05) is 140 Å². The summed E-state index contributed by atoms with van der Waals surface area (Å²) in [6, 6.07) is 77.3. The molecular weight excluding hydrogens is 769 g/mol. The van der Waals surface area contributed by atoms with E-state index in [1.165, 1.54) is 54.4 Å². The third-order valence-corrected chi connectivity index (χ3v) is 12.5. The topological polar surface area (TPSA) is 53.5 Å². The van der Waals surface area contributed by atoms with Crippen molar-refractivity contribution in [2.24, 2.45) is 0 Å². The molecule has 0 aliphatic heterocycles. The van der Waals surface area contributed by atoms with Crippen molar-refractivity contribution < 1.29 is 0 Å². The summed E-state index contributed by atoms with van der Waals surface area (Å²) >= 11 is 0. The van der Waals surface area contributed by atoms with Gasteiger partial charge in [-0.05, 0) is 78.9 Å². The molecule has 0 saturated carbocycles. The third kappa shape index (κ3) is 5.41. The number of para-hydroxylation sites is 4. The van der Waals surface area contributed by atoms with Crippen LogP contribution in [0.3, 0.4) is 0 Å². The van der Waals surface area contributed by atoms with Crippen LogP contribution in [0.15, 0.2) is 218 Å². The lowest BCUT2D eigenvalue weighted by molar-refractivity contribution is 1.07. The van der Waals surface area contributed by atoms with E-state index in [1.807, 2.05) is 60.7 Å². The van der Waals surface area contributed by atoms with E-state index in [9.17, 15) is 0 Å². The van der Waals surface area contributed by atoms with Crippen molar-refractivity contribution in [2.75, 3.05) is 0 Å². The van der Waals surface area contributed by atoms with Gasteiger partial charge in [-0.25, -0.2) is 15.0 Å². The predicted molar refractivity (Wildman–Crippen MR) is 259 cm³/mol. The van der Waals surface area contributed by atoms with E-state index in [0.29, 0.717) is 17.5 Å². The molecule has 4 heterocycles. The maximum atomic E-state index is 5.00. The first-order valence-electron chi connectivity index (χ1n) is 21.3. The van der Waals surface area contributed by atoms with Crippen LogP contribution in [0, 0.1) is 0 Å². The molecule has 0 aliphatic rings. The highest BCUT2D eigenvalue weighted by molar-refractivity contribution is 6.29. The molecule has 0 atom stereocenters. The highest BCUT2D eigenvalue weighted by Crippen LogP contribution is 2.44. The molecule has 0 fully saturated rings. The largest absolute Gasteiger partial charge is 0.309 e. The summed E-state index contributed by atoms with van der Waals surface area (Å²) in [4.78, 5) is 14.9. The Morgan fingerprint density at radius 3 is 1.13 bits per heavy atom. The van der Waals surface area contributed by atoms with Gasteiger partial charge in [0.05, 0.1) is 38.8 Å². The number of nitrogens with zero attached hydrogens (tertiary/aromatic N) is 6. The first-order valence-corrected chi connectivity index (χ1v) is 21.3. The van der Waals surface area contributed by atoms with Crippen molar-refractivity contribution in [3.05, 3.63) is 218 Å². The molecule has 9 aromatic carbocycles. The molecule has 294 valence electrons. The van der Waals surface area contributed by atoms with Gasteiger partial charge in [-0.2, -0.15) is 0 Å². The summed E-state index contributed by atoms with van der Waals surface area (Å²) in [6.07, 6.45) is 0. The first-order chi connectivity index (χ1) is 31.3. The number of hydrogen-bond donors (Lipinski definition) is 0. The number of fused-ring (bicyclic) bond motifs is 10. The van der Waals surface area contributed by atoms with E-state index >= 15 is 0 Å². The lowest BCUT2D eigenvalue weighted by atomic mass is 10.1. The molecule has 13 rings (SSSR count). The van der Waals surface area contributed by atoms with Crippen molar-refractivity contribution >= 4 is 65.4 Å². The van der Waals surface area contributed by atoms with E-state index < -0.39 is 0 Å². The maximum absolute atomic E-state index is 5.00. The molecule has 4 aromatic heterocycles. The van der Waals surface area contributed by atoms with Crippen LogP contribution in [0.1, 0.15) is 0 Å². The second-order valence-electron chi connectivity index (χ2n) is 16.0. The Balaban J connectivity index is 1.02. The normalized spacial score (nSPS) is 11.8. The second kappa shape index (κ2) is 14.0. The zero-order chi connectivity index (χ0) is 41.4. The minimum absolute atomic E-state index is 0.632. The Morgan fingerprint density at radius 1 is 0.238 bits per heavy atom. The summed E-state index contributed by atoms with van der Waals surface area (Å²) in [7, 11) is 0. The van der Waals surface area contributed by atoms with Gasteiger partial charge in [-0.15, -0.1) is 0 Å². The lowest BCUT2D eigenvalue weighted by Gasteiger charge is -2.12. The lowest BCUT2D eigenvalue weighted by Crippen LogP contribution is -2.00. The highest BCUT2D eigenvalue weighted by Gasteiger charge is 2.23. The molecule has 6 heteroatoms. The molecule has 0 saturated heterocycles. The summed E-state index contributed by atoms with van der Waals surface area (Å²) in [5.74, 6) is 1.92. The van der Waals surface area contributed by atoms with Crippen LogP contribution in [-0.4, -0.2) is 28.7 Å². The second-order valence-corrected chi connectivity index (χ2v) is 16.0. The minimum atomic E-state index is 0.632. The molecular formula is C57H36N6. The Labute approximate surface area is 362 Å². The smallest absolute Gasteiger partial charge is 0.164 e. The van der Waals surface area contributed by atoms with Gasteiger partial charge >= 0.3 is 0 Å². The molecule has 13 aromatic rings. The van der Waals surface area contributed by atoms with Crippen LogP contribution in [0.5, 0.6) is 0 Å². The SMILES string of the molecule is c1ccc(-c2nc(-c3ccccc3)nc(-c3ccc(-n4c5ccccc5c5c6c7ccccc7n(-c7cccc8c7c7ccccc7n8-c7ccccc7)c6ccc54)cc3)n2)cc1. The fraction of sp³-hybridized carbons (Fsp3) is 0. The van der Waals surface area contributed by atoms with Gasteiger partial charge in [-0.3, -0.25) is 0 Å². The van der Waals surface area contributed by atoms with Gasteiger partial charge in [0.15, 0.2) is 17.5 Å². The van der Waals surface area contributed by atoms with E-state index in [4.69, 9.17) is 15.0 Å². The van der Waals surface area contributed by atoms with Crippen LogP contribution in [0.2, 0.25) is 0 Å². The number of rotatable bonds is 6. The summed E-state index contributed by atoms with van der Waals surface area (Å²) in [5.41, 5.74) is 13.2. The fourth-order valence-electron chi connectivity index (χ4n) is 9.80. The molecule has 0 radical (unpaired) electrons. The van der Waals surface area contributed by atoms with Crippen LogP contribution in [-0.2, 0) is 0 Å².